The first-order chi connectivity index (χ1) is 9.02. The van der Waals surface area contributed by atoms with Crippen LogP contribution in [0, 0.1) is 11.8 Å². The molecule has 4 heteroatoms. The second-order valence-corrected chi connectivity index (χ2v) is 5.00. The molecule has 0 spiro atoms. The molecule has 19 heavy (non-hydrogen) atoms. The van der Waals surface area contributed by atoms with Gasteiger partial charge in [-0.05, 0) is 37.3 Å². The first-order valence-corrected chi connectivity index (χ1v) is 6.61. The SMILES string of the molecule is CC(C)C(CCC=CCC(O)c1ccco1)C(=O)O. The number of rotatable bonds is 8. The summed E-state index contributed by atoms with van der Waals surface area (Å²) in [6.45, 7) is 3.84. The largest absolute Gasteiger partial charge is 0.481 e. The van der Waals surface area contributed by atoms with Gasteiger partial charge in [-0.25, -0.2) is 0 Å². The summed E-state index contributed by atoms with van der Waals surface area (Å²) in [6, 6.07) is 3.47. The van der Waals surface area contributed by atoms with Crippen LogP contribution >= 0.6 is 0 Å². The molecule has 1 rings (SSSR count). The maximum absolute atomic E-state index is 11.0. The van der Waals surface area contributed by atoms with Gasteiger partial charge in [-0.3, -0.25) is 4.79 Å². The summed E-state index contributed by atoms with van der Waals surface area (Å²) in [5, 5.41) is 18.8. The highest BCUT2D eigenvalue weighted by molar-refractivity contribution is 5.70. The molecule has 0 saturated heterocycles. The summed E-state index contributed by atoms with van der Waals surface area (Å²) in [5.41, 5.74) is 0. The molecule has 0 radical (unpaired) electrons. The first kappa shape index (κ1) is 15.5. The minimum Gasteiger partial charge on any atom is -0.481 e. The third kappa shape index (κ3) is 5.30. The lowest BCUT2D eigenvalue weighted by atomic mass is 9.91. The van der Waals surface area contributed by atoms with Crippen LogP contribution in [0.3, 0.4) is 0 Å². The molecular weight excluding hydrogens is 244 g/mol. The second-order valence-electron chi connectivity index (χ2n) is 5.00. The van der Waals surface area contributed by atoms with Gasteiger partial charge in [0.1, 0.15) is 11.9 Å². The van der Waals surface area contributed by atoms with Crippen LogP contribution in [-0.2, 0) is 4.79 Å². The van der Waals surface area contributed by atoms with Gasteiger partial charge in [-0.15, -0.1) is 0 Å². The van der Waals surface area contributed by atoms with Crippen molar-refractivity contribution in [2.24, 2.45) is 11.8 Å². The van der Waals surface area contributed by atoms with E-state index in [9.17, 15) is 9.90 Å². The van der Waals surface area contributed by atoms with Gasteiger partial charge in [-0.2, -0.15) is 0 Å². The van der Waals surface area contributed by atoms with Crippen molar-refractivity contribution in [3.05, 3.63) is 36.3 Å². The van der Waals surface area contributed by atoms with E-state index in [1.807, 2.05) is 26.0 Å². The molecule has 0 bridgehead atoms. The van der Waals surface area contributed by atoms with Gasteiger partial charge in [0.05, 0.1) is 12.2 Å². The zero-order chi connectivity index (χ0) is 14.3. The normalized spacial score (nSPS) is 14.9. The Morgan fingerprint density at radius 2 is 2.16 bits per heavy atom. The molecule has 0 saturated carbocycles. The van der Waals surface area contributed by atoms with Crippen molar-refractivity contribution in [3.63, 3.8) is 0 Å². The number of carboxylic acids is 1. The lowest BCUT2D eigenvalue weighted by Gasteiger charge is -2.14. The van der Waals surface area contributed by atoms with Gasteiger partial charge in [0.25, 0.3) is 0 Å². The average Bonchev–Trinajstić information content (AvgIpc) is 2.85. The Hall–Kier alpha value is -1.55. The molecule has 0 aliphatic heterocycles. The van der Waals surface area contributed by atoms with E-state index in [4.69, 9.17) is 9.52 Å². The first-order valence-electron chi connectivity index (χ1n) is 6.61. The Kier molecular flexibility index (Phi) is 6.36. The number of aliphatic hydroxyl groups is 1. The van der Waals surface area contributed by atoms with Crippen molar-refractivity contribution in [2.75, 3.05) is 0 Å². The van der Waals surface area contributed by atoms with Gasteiger partial charge >= 0.3 is 5.97 Å². The zero-order valence-corrected chi connectivity index (χ0v) is 11.5. The zero-order valence-electron chi connectivity index (χ0n) is 11.5. The Morgan fingerprint density at radius 3 is 2.68 bits per heavy atom. The van der Waals surface area contributed by atoms with Gasteiger partial charge in [0.2, 0.25) is 0 Å². The van der Waals surface area contributed by atoms with Crippen molar-refractivity contribution < 1.29 is 19.4 Å². The molecule has 1 heterocycles. The molecule has 2 atom stereocenters. The molecule has 0 aliphatic rings. The van der Waals surface area contributed by atoms with Crippen LogP contribution in [0.25, 0.3) is 0 Å². The number of carbonyl (C=O) groups is 1. The Balaban J connectivity index is 2.29. The highest BCUT2D eigenvalue weighted by atomic mass is 16.4. The van der Waals surface area contributed by atoms with Crippen molar-refractivity contribution in [2.45, 2.75) is 39.2 Å². The van der Waals surface area contributed by atoms with Crippen molar-refractivity contribution in [1.29, 1.82) is 0 Å². The Labute approximate surface area is 113 Å². The van der Waals surface area contributed by atoms with Crippen molar-refractivity contribution in [1.82, 2.24) is 0 Å². The van der Waals surface area contributed by atoms with Gasteiger partial charge in [0.15, 0.2) is 0 Å². The number of aliphatic carboxylic acids is 1. The number of hydrogen-bond donors (Lipinski definition) is 2. The summed E-state index contributed by atoms with van der Waals surface area (Å²) >= 11 is 0. The van der Waals surface area contributed by atoms with Gasteiger partial charge in [-0.1, -0.05) is 26.0 Å². The summed E-state index contributed by atoms with van der Waals surface area (Å²) in [4.78, 5) is 11.0. The number of allylic oxidation sites excluding steroid dienone is 1. The highest BCUT2D eigenvalue weighted by Gasteiger charge is 2.19. The fraction of sp³-hybridized carbons (Fsp3) is 0.533. The Morgan fingerprint density at radius 1 is 1.42 bits per heavy atom. The lowest BCUT2D eigenvalue weighted by Crippen LogP contribution is -2.19. The Bertz CT molecular complexity index is 392. The van der Waals surface area contributed by atoms with Crippen LogP contribution in [0.15, 0.2) is 35.0 Å². The van der Waals surface area contributed by atoms with Gasteiger partial charge in [0, 0.05) is 0 Å². The monoisotopic (exact) mass is 266 g/mol. The van der Waals surface area contributed by atoms with E-state index in [0.717, 1.165) is 0 Å². The lowest BCUT2D eigenvalue weighted by molar-refractivity contribution is -0.143. The molecule has 0 aromatic carbocycles. The second kappa shape index (κ2) is 7.79. The van der Waals surface area contributed by atoms with Crippen molar-refractivity contribution >= 4 is 5.97 Å². The fourth-order valence-corrected chi connectivity index (χ4v) is 1.96. The van der Waals surface area contributed by atoms with E-state index in [1.165, 1.54) is 6.26 Å². The van der Waals surface area contributed by atoms with E-state index in [-0.39, 0.29) is 11.8 Å². The molecule has 4 nitrogen and oxygen atoms in total. The van der Waals surface area contributed by atoms with Crippen LogP contribution in [-0.4, -0.2) is 16.2 Å². The molecule has 1 aromatic rings. The minimum absolute atomic E-state index is 0.139. The van der Waals surface area contributed by atoms with Crippen LogP contribution in [0.5, 0.6) is 0 Å². The fourth-order valence-electron chi connectivity index (χ4n) is 1.96. The summed E-state index contributed by atoms with van der Waals surface area (Å²) in [6.07, 6.45) is 6.50. The average molecular weight is 266 g/mol. The van der Waals surface area contributed by atoms with E-state index in [0.29, 0.717) is 25.0 Å². The van der Waals surface area contributed by atoms with E-state index < -0.39 is 12.1 Å². The molecule has 1 aromatic heterocycles. The topological polar surface area (TPSA) is 70.7 Å². The smallest absolute Gasteiger partial charge is 0.306 e. The van der Waals surface area contributed by atoms with E-state index in [1.54, 1.807) is 12.1 Å². The van der Waals surface area contributed by atoms with E-state index >= 15 is 0 Å². The maximum Gasteiger partial charge on any atom is 0.306 e. The molecule has 2 unspecified atom stereocenters. The third-order valence-corrected chi connectivity index (χ3v) is 3.16. The predicted octanol–water partition coefficient (Wildman–Crippen LogP) is 3.40. The van der Waals surface area contributed by atoms with Crippen LogP contribution < -0.4 is 0 Å². The van der Waals surface area contributed by atoms with Crippen LogP contribution in [0.4, 0.5) is 0 Å². The number of furan rings is 1. The standard InChI is InChI=1S/C15H22O4/c1-11(2)12(15(17)18)7-4-3-5-8-13(16)14-9-6-10-19-14/h3,5-6,9-13,16H,4,7-8H2,1-2H3,(H,17,18). The molecule has 106 valence electrons. The maximum atomic E-state index is 11.0. The number of hydrogen-bond acceptors (Lipinski definition) is 3. The summed E-state index contributed by atoms with van der Waals surface area (Å²) in [5.74, 6) is -0.353. The number of aliphatic hydroxyl groups excluding tert-OH is 1. The van der Waals surface area contributed by atoms with Crippen molar-refractivity contribution in [3.8, 4) is 0 Å². The highest BCUT2D eigenvalue weighted by Crippen LogP contribution is 2.19. The molecule has 0 fully saturated rings. The van der Waals surface area contributed by atoms with E-state index in [2.05, 4.69) is 0 Å². The minimum atomic E-state index is -0.737. The predicted molar refractivity (Wildman–Crippen MR) is 72.6 cm³/mol. The summed E-state index contributed by atoms with van der Waals surface area (Å²) in [7, 11) is 0. The molecular formula is C15H22O4. The molecule has 2 N–H and O–H groups in total. The number of carboxylic acid groups (broad SMARTS) is 1. The van der Waals surface area contributed by atoms with Crippen LogP contribution in [0.1, 0.15) is 45.0 Å². The van der Waals surface area contributed by atoms with Gasteiger partial charge < -0.3 is 14.6 Å². The van der Waals surface area contributed by atoms with Crippen LogP contribution in [0.2, 0.25) is 0 Å². The molecule has 0 amide bonds. The molecule has 0 aliphatic carbocycles. The quantitative estimate of drug-likeness (QED) is 0.707. The third-order valence-electron chi connectivity index (χ3n) is 3.16. The summed E-state index contributed by atoms with van der Waals surface area (Å²) < 4.78 is 5.09.